The second kappa shape index (κ2) is 9.37. The molecule has 2 atom stereocenters. The Labute approximate surface area is 172 Å². The summed E-state index contributed by atoms with van der Waals surface area (Å²) in [5.74, 6) is -0.770. The number of amides is 1. The molecule has 0 spiro atoms. The number of rotatable bonds is 7. The first-order valence-electron chi connectivity index (χ1n) is 10.3. The molecule has 6 nitrogen and oxygen atoms in total. The number of benzene rings is 2. The van der Waals surface area contributed by atoms with Gasteiger partial charge in [0.15, 0.2) is 0 Å². The van der Waals surface area contributed by atoms with Gasteiger partial charge in [-0.15, -0.1) is 0 Å². The van der Waals surface area contributed by atoms with Crippen LogP contribution < -0.4 is 5.32 Å². The molecule has 6 heteroatoms. The largest absolute Gasteiger partial charge is 0.480 e. The molecule has 0 saturated carbocycles. The Morgan fingerprint density at radius 3 is 2.48 bits per heavy atom. The SMILES string of the molecule is CC(NC(=O)C(C)N1CCC(N(C)CC(=O)O)CC1)c1cccc2ccccc12. The Bertz CT molecular complexity index is 856. The predicted molar refractivity (Wildman–Crippen MR) is 115 cm³/mol. The van der Waals surface area contributed by atoms with Crippen LogP contribution in [0.15, 0.2) is 42.5 Å². The Morgan fingerprint density at radius 1 is 1.14 bits per heavy atom. The first-order chi connectivity index (χ1) is 13.9. The van der Waals surface area contributed by atoms with Gasteiger partial charge >= 0.3 is 5.97 Å². The zero-order chi connectivity index (χ0) is 21.0. The average Bonchev–Trinajstić information content (AvgIpc) is 2.72. The molecule has 1 heterocycles. The van der Waals surface area contributed by atoms with Crippen molar-refractivity contribution in [1.29, 1.82) is 0 Å². The third-order valence-electron chi connectivity index (χ3n) is 6.08. The molecule has 0 radical (unpaired) electrons. The normalized spacial score (nSPS) is 17.9. The number of hydrogen-bond donors (Lipinski definition) is 2. The minimum Gasteiger partial charge on any atom is -0.480 e. The number of piperidine rings is 1. The van der Waals surface area contributed by atoms with Gasteiger partial charge in [-0.3, -0.25) is 19.4 Å². The van der Waals surface area contributed by atoms with Crippen LogP contribution in [0.25, 0.3) is 10.8 Å². The molecule has 2 unspecified atom stereocenters. The lowest BCUT2D eigenvalue weighted by Gasteiger charge is -2.38. The van der Waals surface area contributed by atoms with E-state index in [2.05, 4.69) is 34.5 Å². The van der Waals surface area contributed by atoms with E-state index in [0.717, 1.165) is 36.9 Å². The molecule has 156 valence electrons. The number of likely N-dealkylation sites (tertiary alicyclic amines) is 1. The van der Waals surface area contributed by atoms with E-state index in [1.54, 1.807) is 0 Å². The third kappa shape index (κ3) is 5.14. The number of carbonyl (C=O) groups is 2. The summed E-state index contributed by atoms with van der Waals surface area (Å²) in [5, 5.41) is 14.5. The van der Waals surface area contributed by atoms with Gasteiger partial charge in [0.2, 0.25) is 5.91 Å². The lowest BCUT2D eigenvalue weighted by Crippen LogP contribution is -2.51. The van der Waals surface area contributed by atoms with Crippen LogP contribution in [0.1, 0.15) is 38.3 Å². The van der Waals surface area contributed by atoms with Gasteiger partial charge in [0.25, 0.3) is 0 Å². The highest BCUT2D eigenvalue weighted by molar-refractivity contribution is 5.87. The van der Waals surface area contributed by atoms with Crippen molar-refractivity contribution in [2.75, 3.05) is 26.7 Å². The number of likely N-dealkylation sites (N-methyl/N-ethyl adjacent to an activating group) is 1. The molecule has 0 aliphatic carbocycles. The van der Waals surface area contributed by atoms with E-state index in [1.165, 1.54) is 5.39 Å². The quantitative estimate of drug-likeness (QED) is 0.752. The number of aliphatic carboxylic acids is 1. The summed E-state index contributed by atoms with van der Waals surface area (Å²) in [6, 6.07) is 14.4. The lowest BCUT2D eigenvalue weighted by molar-refractivity contribution is -0.138. The fourth-order valence-electron chi connectivity index (χ4n) is 4.26. The van der Waals surface area contributed by atoms with Gasteiger partial charge in [-0.05, 0) is 50.1 Å². The summed E-state index contributed by atoms with van der Waals surface area (Å²) in [6.45, 7) is 5.63. The molecule has 29 heavy (non-hydrogen) atoms. The Hall–Kier alpha value is -2.44. The van der Waals surface area contributed by atoms with Crippen molar-refractivity contribution in [3.8, 4) is 0 Å². The van der Waals surface area contributed by atoms with E-state index in [1.807, 2.05) is 44.0 Å². The molecule has 2 N–H and O–H groups in total. The highest BCUT2D eigenvalue weighted by Crippen LogP contribution is 2.24. The van der Waals surface area contributed by atoms with Crippen molar-refractivity contribution in [3.63, 3.8) is 0 Å². The summed E-state index contributed by atoms with van der Waals surface area (Å²) < 4.78 is 0. The van der Waals surface area contributed by atoms with E-state index in [9.17, 15) is 9.59 Å². The number of carbonyl (C=O) groups excluding carboxylic acids is 1. The fraction of sp³-hybridized carbons (Fsp3) is 0.478. The van der Waals surface area contributed by atoms with Crippen molar-refractivity contribution < 1.29 is 14.7 Å². The van der Waals surface area contributed by atoms with Crippen LogP contribution in [0.5, 0.6) is 0 Å². The number of nitrogens with one attached hydrogen (secondary N) is 1. The van der Waals surface area contributed by atoms with E-state index >= 15 is 0 Å². The molecule has 2 aromatic rings. The standard InChI is InChI=1S/C23H31N3O3/c1-16(20-10-6-8-18-7-4-5-9-21(18)20)24-23(29)17(2)26-13-11-19(12-14-26)25(3)15-22(27)28/h4-10,16-17,19H,11-15H2,1-3H3,(H,24,29)(H,27,28). The average molecular weight is 398 g/mol. The zero-order valence-corrected chi connectivity index (χ0v) is 17.5. The van der Waals surface area contributed by atoms with Crippen molar-refractivity contribution in [1.82, 2.24) is 15.1 Å². The zero-order valence-electron chi connectivity index (χ0n) is 17.5. The van der Waals surface area contributed by atoms with Crippen LogP contribution in [0, 0.1) is 0 Å². The summed E-state index contributed by atoms with van der Waals surface area (Å²) in [6.07, 6.45) is 1.75. The molecule has 1 saturated heterocycles. The van der Waals surface area contributed by atoms with Crippen LogP contribution in [-0.4, -0.2) is 65.5 Å². The fourth-order valence-corrected chi connectivity index (χ4v) is 4.26. The van der Waals surface area contributed by atoms with Gasteiger partial charge in [-0.2, -0.15) is 0 Å². The Kier molecular flexibility index (Phi) is 6.87. The van der Waals surface area contributed by atoms with E-state index in [4.69, 9.17) is 5.11 Å². The molecular formula is C23H31N3O3. The Morgan fingerprint density at radius 2 is 1.79 bits per heavy atom. The molecule has 0 bridgehead atoms. The van der Waals surface area contributed by atoms with E-state index < -0.39 is 5.97 Å². The van der Waals surface area contributed by atoms with Crippen LogP contribution in [0.2, 0.25) is 0 Å². The maximum atomic E-state index is 12.9. The maximum absolute atomic E-state index is 12.9. The first-order valence-corrected chi connectivity index (χ1v) is 10.3. The van der Waals surface area contributed by atoms with Gasteiger partial charge < -0.3 is 10.4 Å². The van der Waals surface area contributed by atoms with Gasteiger partial charge in [-0.25, -0.2) is 0 Å². The van der Waals surface area contributed by atoms with Crippen molar-refractivity contribution >= 4 is 22.6 Å². The van der Waals surface area contributed by atoms with Gasteiger partial charge in [-0.1, -0.05) is 42.5 Å². The molecule has 3 rings (SSSR count). The maximum Gasteiger partial charge on any atom is 0.317 e. The highest BCUT2D eigenvalue weighted by atomic mass is 16.4. The van der Waals surface area contributed by atoms with Crippen molar-refractivity contribution in [3.05, 3.63) is 48.0 Å². The number of fused-ring (bicyclic) bond motifs is 1. The molecular weight excluding hydrogens is 366 g/mol. The number of carboxylic acids is 1. The Balaban J connectivity index is 1.57. The summed E-state index contributed by atoms with van der Waals surface area (Å²) >= 11 is 0. The summed E-state index contributed by atoms with van der Waals surface area (Å²) in [7, 11) is 1.86. The minimum absolute atomic E-state index is 0.0303. The molecule has 2 aromatic carbocycles. The minimum atomic E-state index is -0.801. The van der Waals surface area contributed by atoms with Crippen LogP contribution in [0.4, 0.5) is 0 Å². The third-order valence-corrected chi connectivity index (χ3v) is 6.08. The van der Waals surface area contributed by atoms with Crippen LogP contribution >= 0.6 is 0 Å². The second-order valence-corrected chi connectivity index (χ2v) is 8.05. The predicted octanol–water partition coefficient (Wildman–Crippen LogP) is 2.89. The van der Waals surface area contributed by atoms with Crippen molar-refractivity contribution in [2.24, 2.45) is 0 Å². The summed E-state index contributed by atoms with van der Waals surface area (Å²) in [5.41, 5.74) is 1.12. The number of carboxylic acid groups (broad SMARTS) is 1. The lowest BCUT2D eigenvalue weighted by atomic mass is 9.99. The van der Waals surface area contributed by atoms with Gasteiger partial charge in [0.05, 0.1) is 18.6 Å². The molecule has 1 fully saturated rings. The number of hydrogen-bond acceptors (Lipinski definition) is 4. The molecule has 0 aromatic heterocycles. The molecule has 1 aliphatic rings. The van der Waals surface area contributed by atoms with Crippen LogP contribution in [0.3, 0.4) is 0 Å². The highest BCUT2D eigenvalue weighted by Gasteiger charge is 2.29. The number of nitrogens with zero attached hydrogens (tertiary/aromatic N) is 2. The smallest absolute Gasteiger partial charge is 0.317 e. The summed E-state index contributed by atoms with van der Waals surface area (Å²) in [4.78, 5) is 27.9. The first kappa shape index (κ1) is 21.3. The van der Waals surface area contributed by atoms with Gasteiger partial charge in [0.1, 0.15) is 0 Å². The molecule has 1 amide bonds. The monoisotopic (exact) mass is 397 g/mol. The molecule has 1 aliphatic heterocycles. The van der Waals surface area contributed by atoms with E-state index in [0.29, 0.717) is 0 Å². The second-order valence-electron chi connectivity index (χ2n) is 8.05. The van der Waals surface area contributed by atoms with Crippen molar-refractivity contribution in [2.45, 2.75) is 44.8 Å². The van der Waals surface area contributed by atoms with Crippen LogP contribution in [-0.2, 0) is 9.59 Å². The van der Waals surface area contributed by atoms with Gasteiger partial charge in [0, 0.05) is 19.1 Å². The topological polar surface area (TPSA) is 72.9 Å². The van der Waals surface area contributed by atoms with E-state index in [-0.39, 0.29) is 30.6 Å².